The Hall–Kier alpha value is -1.90. The molecule has 2 aliphatic carbocycles. The second-order valence-corrected chi connectivity index (χ2v) is 9.00. The van der Waals surface area contributed by atoms with Crippen LogP contribution in [-0.4, -0.2) is 7.11 Å². The first-order chi connectivity index (χ1) is 14.1. The quantitative estimate of drug-likeness (QED) is 0.478. The van der Waals surface area contributed by atoms with Crippen molar-refractivity contribution in [1.29, 1.82) is 0 Å². The van der Waals surface area contributed by atoms with E-state index in [0.717, 1.165) is 36.2 Å². The zero-order valence-electron chi connectivity index (χ0n) is 17.6. The lowest BCUT2D eigenvalue weighted by Gasteiger charge is -2.37. The van der Waals surface area contributed by atoms with Crippen molar-refractivity contribution in [2.75, 3.05) is 7.11 Å². The van der Waals surface area contributed by atoms with Crippen LogP contribution in [0.3, 0.4) is 0 Å². The largest absolute Gasteiger partial charge is 0.494 e. The van der Waals surface area contributed by atoms with Gasteiger partial charge in [-0.25, -0.2) is 4.39 Å². The van der Waals surface area contributed by atoms with Crippen LogP contribution in [0, 0.1) is 29.4 Å². The van der Waals surface area contributed by atoms with E-state index < -0.39 is 11.6 Å². The first kappa shape index (κ1) is 20.4. The van der Waals surface area contributed by atoms with Gasteiger partial charge in [0.2, 0.25) is 5.82 Å². The van der Waals surface area contributed by atoms with Crippen LogP contribution in [0.4, 0.5) is 8.78 Å². The number of methoxy groups -OCH3 is 1. The molecule has 0 amide bonds. The molecule has 0 saturated heterocycles. The second-order valence-electron chi connectivity index (χ2n) is 9.00. The normalized spacial score (nSPS) is 28.1. The van der Waals surface area contributed by atoms with Crippen LogP contribution in [0.2, 0.25) is 0 Å². The second kappa shape index (κ2) is 8.85. The fourth-order valence-electron chi connectivity index (χ4n) is 5.73. The van der Waals surface area contributed by atoms with Crippen molar-refractivity contribution in [1.82, 2.24) is 0 Å². The van der Waals surface area contributed by atoms with Gasteiger partial charge in [-0.05, 0) is 105 Å². The summed E-state index contributed by atoms with van der Waals surface area (Å²) in [4.78, 5) is 0. The average molecular weight is 399 g/mol. The standard InChI is InChI=1S/C26H32F2O/c1-3-4-17-5-7-18(8-6-17)19-9-11-20(12-10-19)21-13-14-22-16-24(29-2)26(28)25(27)23(22)15-21/h3-4,13-20H,5-12H2,1-2H3/b4-3+. The van der Waals surface area contributed by atoms with Crippen molar-refractivity contribution in [3.05, 3.63) is 53.6 Å². The number of fused-ring (bicyclic) bond motifs is 1. The smallest absolute Gasteiger partial charge is 0.201 e. The molecular formula is C26H32F2O. The summed E-state index contributed by atoms with van der Waals surface area (Å²) in [6, 6.07) is 7.44. The lowest BCUT2D eigenvalue weighted by Crippen LogP contribution is -2.25. The number of allylic oxidation sites excluding steroid dienone is 2. The number of ether oxygens (including phenoxy) is 1. The summed E-state index contributed by atoms with van der Waals surface area (Å²) in [6.45, 7) is 2.12. The Bertz CT molecular complexity index is 872. The highest BCUT2D eigenvalue weighted by Crippen LogP contribution is 2.44. The Morgan fingerprint density at radius 3 is 2.14 bits per heavy atom. The summed E-state index contributed by atoms with van der Waals surface area (Å²) in [5, 5.41) is 1.06. The molecule has 2 aromatic rings. The van der Waals surface area contributed by atoms with Crippen LogP contribution in [0.15, 0.2) is 36.4 Å². The third-order valence-corrected chi connectivity index (χ3v) is 7.42. The zero-order valence-corrected chi connectivity index (χ0v) is 17.6. The molecule has 0 unspecified atom stereocenters. The van der Waals surface area contributed by atoms with Gasteiger partial charge in [-0.15, -0.1) is 0 Å². The first-order valence-corrected chi connectivity index (χ1v) is 11.2. The summed E-state index contributed by atoms with van der Waals surface area (Å²) in [5.41, 5.74) is 1.15. The molecule has 4 rings (SSSR count). The topological polar surface area (TPSA) is 9.23 Å². The molecule has 0 spiro atoms. The van der Waals surface area contributed by atoms with E-state index in [1.807, 2.05) is 12.1 Å². The summed E-state index contributed by atoms with van der Waals surface area (Å²) < 4.78 is 33.6. The number of halogens is 2. The summed E-state index contributed by atoms with van der Waals surface area (Å²) >= 11 is 0. The molecule has 0 N–H and O–H groups in total. The molecule has 2 fully saturated rings. The highest BCUT2D eigenvalue weighted by molar-refractivity contribution is 5.85. The molecule has 3 heteroatoms. The van der Waals surface area contributed by atoms with Crippen LogP contribution in [0.25, 0.3) is 10.8 Å². The van der Waals surface area contributed by atoms with E-state index in [4.69, 9.17) is 4.74 Å². The van der Waals surface area contributed by atoms with Gasteiger partial charge in [0.1, 0.15) is 0 Å². The minimum absolute atomic E-state index is 0.0348. The number of benzene rings is 2. The van der Waals surface area contributed by atoms with E-state index in [9.17, 15) is 8.78 Å². The van der Waals surface area contributed by atoms with Crippen molar-refractivity contribution >= 4 is 10.8 Å². The van der Waals surface area contributed by atoms with Crippen molar-refractivity contribution in [3.63, 3.8) is 0 Å². The monoisotopic (exact) mass is 398 g/mol. The Morgan fingerprint density at radius 1 is 0.862 bits per heavy atom. The average Bonchev–Trinajstić information content (AvgIpc) is 2.77. The number of rotatable bonds is 4. The van der Waals surface area contributed by atoms with Crippen LogP contribution in [-0.2, 0) is 0 Å². The van der Waals surface area contributed by atoms with Gasteiger partial charge in [-0.3, -0.25) is 0 Å². The summed E-state index contributed by atoms with van der Waals surface area (Å²) in [5.74, 6) is 1.25. The van der Waals surface area contributed by atoms with E-state index in [1.54, 1.807) is 6.07 Å². The van der Waals surface area contributed by atoms with E-state index >= 15 is 0 Å². The van der Waals surface area contributed by atoms with Gasteiger partial charge in [0.15, 0.2) is 11.6 Å². The lowest BCUT2D eigenvalue weighted by molar-refractivity contribution is 0.171. The number of hydrogen-bond acceptors (Lipinski definition) is 1. The maximum Gasteiger partial charge on any atom is 0.201 e. The third-order valence-electron chi connectivity index (χ3n) is 7.42. The van der Waals surface area contributed by atoms with Crippen molar-refractivity contribution in [2.45, 2.75) is 64.2 Å². The molecule has 2 aromatic carbocycles. The molecule has 1 nitrogen and oxygen atoms in total. The molecule has 0 heterocycles. The number of hydrogen-bond donors (Lipinski definition) is 0. The fourth-order valence-corrected chi connectivity index (χ4v) is 5.73. The van der Waals surface area contributed by atoms with Crippen LogP contribution in [0.5, 0.6) is 5.75 Å². The van der Waals surface area contributed by atoms with Crippen molar-refractivity contribution < 1.29 is 13.5 Å². The highest BCUT2D eigenvalue weighted by Gasteiger charge is 2.31. The molecule has 2 saturated carbocycles. The first-order valence-electron chi connectivity index (χ1n) is 11.2. The van der Waals surface area contributed by atoms with Gasteiger partial charge in [0, 0.05) is 5.39 Å². The summed E-state index contributed by atoms with van der Waals surface area (Å²) in [6.07, 6.45) is 14.8. The Balaban J connectivity index is 1.42. The van der Waals surface area contributed by atoms with Crippen molar-refractivity contribution in [2.24, 2.45) is 17.8 Å². The molecule has 0 bridgehead atoms. The molecule has 156 valence electrons. The van der Waals surface area contributed by atoms with Gasteiger partial charge in [0.25, 0.3) is 0 Å². The highest BCUT2D eigenvalue weighted by atomic mass is 19.2. The van der Waals surface area contributed by atoms with E-state index in [-0.39, 0.29) is 5.75 Å². The Kier molecular flexibility index (Phi) is 6.22. The predicted octanol–water partition coefficient (Wildman–Crippen LogP) is 7.78. The Labute approximate surface area is 173 Å². The SMILES string of the molecule is C/C=C/C1CCC(C2CCC(c3ccc4cc(OC)c(F)c(F)c4c3)CC2)CC1. The fraction of sp³-hybridized carbons (Fsp3) is 0.538. The van der Waals surface area contributed by atoms with Gasteiger partial charge in [-0.1, -0.05) is 24.3 Å². The Morgan fingerprint density at radius 2 is 1.52 bits per heavy atom. The lowest BCUT2D eigenvalue weighted by atomic mass is 9.68. The third kappa shape index (κ3) is 4.20. The maximum atomic E-state index is 14.5. The van der Waals surface area contributed by atoms with E-state index in [2.05, 4.69) is 25.1 Å². The predicted molar refractivity (Wildman–Crippen MR) is 115 cm³/mol. The minimum atomic E-state index is -0.894. The maximum absolute atomic E-state index is 14.5. The van der Waals surface area contributed by atoms with Gasteiger partial charge < -0.3 is 4.74 Å². The summed E-state index contributed by atoms with van der Waals surface area (Å²) in [7, 11) is 1.36. The van der Waals surface area contributed by atoms with Crippen LogP contribution < -0.4 is 4.74 Å². The van der Waals surface area contributed by atoms with E-state index in [0.29, 0.717) is 16.7 Å². The zero-order chi connectivity index (χ0) is 20.4. The molecule has 29 heavy (non-hydrogen) atoms. The molecular weight excluding hydrogens is 366 g/mol. The molecule has 0 aliphatic heterocycles. The van der Waals surface area contributed by atoms with Gasteiger partial charge in [-0.2, -0.15) is 4.39 Å². The minimum Gasteiger partial charge on any atom is -0.494 e. The molecule has 0 radical (unpaired) electrons. The van der Waals surface area contributed by atoms with Crippen LogP contribution in [0.1, 0.15) is 69.8 Å². The van der Waals surface area contributed by atoms with Gasteiger partial charge in [0.05, 0.1) is 7.11 Å². The van der Waals surface area contributed by atoms with E-state index in [1.165, 1.54) is 45.6 Å². The van der Waals surface area contributed by atoms with Crippen LogP contribution >= 0.6 is 0 Å². The molecule has 0 atom stereocenters. The molecule has 2 aliphatic rings. The van der Waals surface area contributed by atoms with Gasteiger partial charge >= 0.3 is 0 Å². The van der Waals surface area contributed by atoms with Crippen molar-refractivity contribution in [3.8, 4) is 5.75 Å². The molecule has 0 aromatic heterocycles.